The summed E-state index contributed by atoms with van der Waals surface area (Å²) in [5.74, 6) is 0.103. The first-order valence-corrected chi connectivity index (χ1v) is 22.3. The number of sulfonamides is 1. The van der Waals surface area contributed by atoms with E-state index in [0.717, 1.165) is 54.5 Å². The van der Waals surface area contributed by atoms with Crippen molar-refractivity contribution in [2.24, 2.45) is 5.92 Å². The Morgan fingerprint density at radius 1 is 1.07 bits per heavy atom. The Hall–Kier alpha value is -5.52. The van der Waals surface area contributed by atoms with E-state index < -0.39 is 31.4 Å². The average Bonchev–Trinajstić information content (AvgIpc) is 3.73. The summed E-state index contributed by atoms with van der Waals surface area (Å²) in [5.41, 5.74) is 5.14. The minimum absolute atomic E-state index is 0.0520. The minimum Gasteiger partial charge on any atom is -0.455 e. The first kappa shape index (κ1) is 42.2. The van der Waals surface area contributed by atoms with Crippen molar-refractivity contribution >= 4 is 61.2 Å². The number of ether oxygens (including phenoxy) is 3. The van der Waals surface area contributed by atoms with E-state index >= 15 is 0 Å². The van der Waals surface area contributed by atoms with Gasteiger partial charge in [-0.05, 0) is 91.8 Å². The Morgan fingerprint density at radius 3 is 2.67 bits per heavy atom. The molecule has 1 unspecified atom stereocenters. The molecular formula is C44H48ClN7O8S. The summed E-state index contributed by atoms with van der Waals surface area (Å²) in [6, 6.07) is 20.4. The van der Waals surface area contributed by atoms with Crippen molar-refractivity contribution in [1.29, 1.82) is 0 Å². The third-order valence-electron chi connectivity index (χ3n) is 11.6. The molecule has 1 aliphatic carbocycles. The fraction of sp³-hybridized carbons (Fsp3) is 0.364. The highest BCUT2D eigenvalue weighted by Crippen LogP contribution is 2.38. The summed E-state index contributed by atoms with van der Waals surface area (Å²) in [6.45, 7) is 9.05. The number of aromatic nitrogens is 2. The molecule has 2 fully saturated rings. The van der Waals surface area contributed by atoms with Gasteiger partial charge in [-0.2, -0.15) is 0 Å². The summed E-state index contributed by atoms with van der Waals surface area (Å²) in [5, 5.41) is 16.5. The van der Waals surface area contributed by atoms with Crippen LogP contribution in [0.1, 0.15) is 49.0 Å². The molecule has 15 nitrogen and oxygen atoms in total. The molecule has 61 heavy (non-hydrogen) atoms. The molecule has 0 radical (unpaired) electrons. The lowest BCUT2D eigenvalue weighted by atomic mass is 9.81. The van der Waals surface area contributed by atoms with Crippen LogP contribution in [0.5, 0.6) is 11.5 Å². The Balaban J connectivity index is 1.02. The third kappa shape index (κ3) is 9.84. The SMILES string of the molecule is C[C@@H]1CCC(CN2CCN(c3ccc(C(=O)NS(=O)(=O)c4ccc(NCC5COCCO5)c([N+](=O)[O-])c4)c(Oc4cnc5[nH]ccc5c4)c3)C[C@H]2C)=C(c2ccc(Cl)cc2)C1. The molecule has 1 amide bonds. The predicted molar refractivity (Wildman–Crippen MR) is 234 cm³/mol. The molecule has 3 aromatic carbocycles. The zero-order chi connectivity index (χ0) is 42.7. The van der Waals surface area contributed by atoms with E-state index in [1.807, 2.05) is 18.2 Å². The molecule has 320 valence electrons. The summed E-state index contributed by atoms with van der Waals surface area (Å²) in [4.78, 5) is 37.0. The topological polar surface area (TPSA) is 181 Å². The van der Waals surface area contributed by atoms with Crippen molar-refractivity contribution < 1.29 is 32.3 Å². The average molecular weight is 870 g/mol. The number of piperazine rings is 1. The van der Waals surface area contributed by atoms with Crippen LogP contribution < -0.4 is 19.7 Å². The predicted octanol–water partition coefficient (Wildman–Crippen LogP) is 7.65. The van der Waals surface area contributed by atoms with Gasteiger partial charge in [-0.15, -0.1) is 0 Å². The summed E-state index contributed by atoms with van der Waals surface area (Å²) in [6.07, 6.45) is 6.21. The van der Waals surface area contributed by atoms with Gasteiger partial charge in [0.2, 0.25) is 0 Å². The van der Waals surface area contributed by atoms with Gasteiger partial charge < -0.3 is 29.4 Å². The van der Waals surface area contributed by atoms with Crippen molar-refractivity contribution in [3.8, 4) is 11.5 Å². The molecule has 2 aliphatic heterocycles. The van der Waals surface area contributed by atoms with Crippen molar-refractivity contribution in [1.82, 2.24) is 19.6 Å². The second kappa shape index (κ2) is 18.2. The quantitative estimate of drug-likeness (QED) is 0.0778. The largest absolute Gasteiger partial charge is 0.455 e. The number of nitrogens with zero attached hydrogens (tertiary/aromatic N) is 4. The van der Waals surface area contributed by atoms with Gasteiger partial charge in [0.1, 0.15) is 22.8 Å². The number of rotatable bonds is 13. The van der Waals surface area contributed by atoms with Crippen LogP contribution in [0.4, 0.5) is 17.1 Å². The van der Waals surface area contributed by atoms with E-state index in [1.54, 1.807) is 24.4 Å². The molecule has 3 atom stereocenters. The molecule has 3 aliphatic rings. The smallest absolute Gasteiger partial charge is 0.293 e. The molecule has 0 saturated carbocycles. The summed E-state index contributed by atoms with van der Waals surface area (Å²) in [7, 11) is -4.58. The van der Waals surface area contributed by atoms with Gasteiger partial charge in [0.25, 0.3) is 21.6 Å². The maximum absolute atomic E-state index is 13.9. The number of pyridine rings is 1. The standard InChI is InChI=1S/C44H48ClN7O8S/c1-28-3-4-32(39(19-28)30-5-7-33(45)8-6-30)26-50-15-16-51(25-29(50)2)34-9-11-38(42(21-34)60-35-20-31-13-14-46-43(31)48-23-35)44(53)49-61(56,57)37-10-12-40(41(22-37)52(54)55)47-24-36-27-58-17-18-59-36/h5-14,20-23,28-29,36,47H,3-4,15-19,24-27H2,1-2H3,(H,46,48)(H,49,53)/t28-,29-,36?/m1/s1. The lowest BCUT2D eigenvalue weighted by Crippen LogP contribution is -2.52. The van der Waals surface area contributed by atoms with E-state index in [4.69, 9.17) is 25.8 Å². The second-order valence-electron chi connectivity index (χ2n) is 15.9. The fourth-order valence-electron chi connectivity index (χ4n) is 8.20. The lowest BCUT2D eigenvalue weighted by Gasteiger charge is -2.42. The van der Waals surface area contributed by atoms with Crippen molar-refractivity contribution in [2.45, 2.75) is 50.2 Å². The number of hydrogen-bond donors (Lipinski definition) is 3. The van der Waals surface area contributed by atoms with Crippen LogP contribution >= 0.6 is 11.6 Å². The number of nitro benzene ring substituents is 1. The van der Waals surface area contributed by atoms with E-state index in [1.165, 1.54) is 41.1 Å². The van der Waals surface area contributed by atoms with Crippen molar-refractivity contribution in [2.75, 3.05) is 62.8 Å². The van der Waals surface area contributed by atoms with E-state index in [9.17, 15) is 23.3 Å². The normalized spacial score (nSPS) is 20.1. The van der Waals surface area contributed by atoms with Gasteiger partial charge >= 0.3 is 0 Å². The Kier molecular flexibility index (Phi) is 12.6. The third-order valence-corrected chi connectivity index (χ3v) is 13.1. The maximum Gasteiger partial charge on any atom is 0.293 e. The Morgan fingerprint density at radius 2 is 1.90 bits per heavy atom. The molecule has 2 aromatic heterocycles. The van der Waals surface area contributed by atoms with Crippen LogP contribution in [-0.4, -0.2) is 98.8 Å². The zero-order valence-corrected chi connectivity index (χ0v) is 35.5. The van der Waals surface area contributed by atoms with Gasteiger partial charge in [-0.25, -0.2) is 18.1 Å². The number of fused-ring (bicyclic) bond motifs is 1. The highest BCUT2D eigenvalue weighted by atomic mass is 35.5. The zero-order valence-electron chi connectivity index (χ0n) is 33.9. The fourth-order valence-corrected chi connectivity index (χ4v) is 9.31. The molecule has 0 spiro atoms. The first-order valence-electron chi connectivity index (χ1n) is 20.4. The van der Waals surface area contributed by atoms with Crippen molar-refractivity contribution in [3.63, 3.8) is 0 Å². The number of H-pyrrole nitrogens is 1. The van der Waals surface area contributed by atoms with Crippen LogP contribution in [0, 0.1) is 16.0 Å². The second-order valence-corrected chi connectivity index (χ2v) is 18.0. The number of nitro groups is 1. The number of halogens is 1. The molecular weight excluding hydrogens is 822 g/mol. The minimum atomic E-state index is -4.58. The number of amides is 1. The van der Waals surface area contributed by atoms with Gasteiger partial charge in [-0.3, -0.25) is 19.8 Å². The number of carbonyl (C=O) groups excluding carboxylic acids is 1. The number of hydrogen-bond acceptors (Lipinski definition) is 12. The van der Waals surface area contributed by atoms with Gasteiger partial charge in [0, 0.05) is 73.2 Å². The van der Waals surface area contributed by atoms with Crippen LogP contribution in [0.25, 0.3) is 16.6 Å². The van der Waals surface area contributed by atoms with E-state index in [-0.39, 0.29) is 35.7 Å². The van der Waals surface area contributed by atoms with Crippen LogP contribution in [-0.2, 0) is 19.5 Å². The maximum atomic E-state index is 13.9. The summed E-state index contributed by atoms with van der Waals surface area (Å²) >= 11 is 6.23. The van der Waals surface area contributed by atoms with Gasteiger partial charge in [-0.1, -0.05) is 36.2 Å². The number of allylic oxidation sites excluding steroid dienone is 1. The number of anilines is 2. The molecule has 17 heteroatoms. The monoisotopic (exact) mass is 869 g/mol. The number of aromatic amines is 1. The molecule has 3 N–H and O–H groups in total. The van der Waals surface area contributed by atoms with Gasteiger partial charge in [0.05, 0.1) is 47.5 Å². The van der Waals surface area contributed by atoms with Crippen LogP contribution in [0.15, 0.2) is 95.7 Å². The molecule has 0 bridgehead atoms. The highest BCUT2D eigenvalue weighted by molar-refractivity contribution is 7.90. The molecule has 4 heterocycles. The number of nitrogens with one attached hydrogen (secondary N) is 3. The summed E-state index contributed by atoms with van der Waals surface area (Å²) < 4.78 is 46.7. The first-order chi connectivity index (χ1) is 29.4. The van der Waals surface area contributed by atoms with Gasteiger partial charge in [0.15, 0.2) is 0 Å². The number of carbonyl (C=O) groups is 1. The molecule has 8 rings (SSSR count). The molecule has 2 saturated heterocycles. The van der Waals surface area contributed by atoms with E-state index in [0.29, 0.717) is 50.2 Å². The van der Waals surface area contributed by atoms with E-state index in [2.05, 4.69) is 55.8 Å². The van der Waals surface area contributed by atoms with Crippen LogP contribution in [0.2, 0.25) is 5.02 Å². The molecule has 5 aromatic rings. The highest BCUT2D eigenvalue weighted by Gasteiger charge is 2.30. The lowest BCUT2D eigenvalue weighted by molar-refractivity contribution is -0.384. The van der Waals surface area contributed by atoms with Crippen molar-refractivity contribution in [3.05, 3.63) is 117 Å². The Bertz CT molecular complexity index is 2560. The Labute approximate surface area is 359 Å². The number of benzene rings is 3. The van der Waals surface area contributed by atoms with Crippen LogP contribution in [0.3, 0.4) is 0 Å².